The van der Waals surface area contributed by atoms with Crippen LogP contribution in [-0.2, 0) is 4.74 Å². The molecule has 0 aliphatic carbocycles. The Bertz CT molecular complexity index is 1030. The molecule has 2 aromatic heterocycles. The molecular formula is C22H28N4O4S2. The van der Waals surface area contributed by atoms with Crippen LogP contribution in [0.25, 0.3) is 0 Å². The Labute approximate surface area is 196 Å². The maximum atomic E-state index is 12.9. The van der Waals surface area contributed by atoms with E-state index < -0.39 is 0 Å². The summed E-state index contributed by atoms with van der Waals surface area (Å²) in [7, 11) is 1.38. The summed E-state index contributed by atoms with van der Waals surface area (Å²) < 4.78 is 10.1. The molecule has 2 fully saturated rings. The van der Waals surface area contributed by atoms with Gasteiger partial charge in [-0.15, -0.1) is 11.3 Å². The van der Waals surface area contributed by atoms with Crippen molar-refractivity contribution in [2.45, 2.75) is 40.0 Å². The lowest BCUT2D eigenvalue weighted by Gasteiger charge is -2.39. The number of carbonyl (C=O) groups is 2. The highest BCUT2D eigenvalue weighted by molar-refractivity contribution is 7.80. The Balaban J connectivity index is 1.37. The standard InChI is InChI=1S/C22H28N4O4S2/c1-13-11-32-18(20(28)29-4)17(13)23-21(31)26-10-7-22(12-26)5-8-25(9-6-22)19(27)16-14(2)24-30-15(16)3/h11H,5-10,12H2,1-4H3,(H,23,31). The quantitative estimate of drug-likeness (QED) is 0.529. The van der Waals surface area contributed by atoms with Crippen molar-refractivity contribution in [3.05, 3.63) is 32.8 Å². The van der Waals surface area contributed by atoms with Crippen molar-refractivity contribution >= 4 is 46.2 Å². The van der Waals surface area contributed by atoms with E-state index in [0.717, 1.165) is 43.6 Å². The van der Waals surface area contributed by atoms with Crippen molar-refractivity contribution in [2.24, 2.45) is 5.41 Å². The first-order valence-corrected chi connectivity index (χ1v) is 12.0. The zero-order valence-electron chi connectivity index (χ0n) is 18.8. The van der Waals surface area contributed by atoms with Crippen molar-refractivity contribution in [1.29, 1.82) is 0 Å². The highest BCUT2D eigenvalue weighted by Gasteiger charge is 2.42. The van der Waals surface area contributed by atoms with Crippen LogP contribution in [0, 0.1) is 26.2 Å². The minimum atomic E-state index is -0.360. The Kier molecular flexibility index (Phi) is 6.26. The molecular weight excluding hydrogens is 448 g/mol. The number of nitrogens with one attached hydrogen (secondary N) is 1. The Hall–Kier alpha value is -2.46. The molecule has 2 saturated heterocycles. The van der Waals surface area contributed by atoms with E-state index in [2.05, 4.69) is 15.4 Å². The average molecular weight is 477 g/mol. The van der Waals surface area contributed by atoms with Gasteiger partial charge in [-0.05, 0) is 68.6 Å². The van der Waals surface area contributed by atoms with Crippen LogP contribution in [0.4, 0.5) is 5.69 Å². The largest absolute Gasteiger partial charge is 0.465 e. The van der Waals surface area contributed by atoms with E-state index >= 15 is 0 Å². The SMILES string of the molecule is COC(=O)c1scc(C)c1NC(=S)N1CCC2(CCN(C(=O)c3c(C)noc3C)CC2)C1. The van der Waals surface area contributed by atoms with Gasteiger partial charge in [-0.2, -0.15) is 0 Å². The van der Waals surface area contributed by atoms with Crippen molar-refractivity contribution in [3.8, 4) is 0 Å². The Morgan fingerprint density at radius 3 is 2.44 bits per heavy atom. The third-order valence-corrected chi connectivity index (χ3v) is 8.10. The second-order valence-corrected chi connectivity index (χ2v) is 9.97. The van der Waals surface area contributed by atoms with E-state index in [1.807, 2.05) is 17.2 Å². The first-order valence-electron chi connectivity index (χ1n) is 10.7. The number of methoxy groups -OCH3 is 1. The molecule has 4 heterocycles. The van der Waals surface area contributed by atoms with Gasteiger partial charge in [0.05, 0.1) is 18.5 Å². The number of amides is 1. The molecule has 1 spiro atoms. The number of likely N-dealkylation sites (tertiary alicyclic amines) is 2. The number of hydrogen-bond acceptors (Lipinski definition) is 7. The van der Waals surface area contributed by atoms with Gasteiger partial charge in [-0.1, -0.05) is 5.16 Å². The lowest BCUT2D eigenvalue weighted by molar-refractivity contribution is 0.0591. The molecule has 32 heavy (non-hydrogen) atoms. The molecule has 1 amide bonds. The van der Waals surface area contributed by atoms with Crippen molar-refractivity contribution in [2.75, 3.05) is 38.6 Å². The summed E-state index contributed by atoms with van der Waals surface area (Å²) in [6.45, 7) is 8.68. The monoisotopic (exact) mass is 476 g/mol. The predicted octanol–water partition coefficient (Wildman–Crippen LogP) is 3.77. The third-order valence-electron chi connectivity index (χ3n) is 6.66. The number of ether oxygens (including phenoxy) is 1. The van der Waals surface area contributed by atoms with E-state index in [4.69, 9.17) is 21.5 Å². The minimum absolute atomic E-state index is 0.00594. The Morgan fingerprint density at radius 2 is 1.84 bits per heavy atom. The number of esters is 1. The number of thiophene rings is 1. The molecule has 2 aromatic rings. The van der Waals surface area contributed by atoms with Crippen LogP contribution in [0.3, 0.4) is 0 Å². The normalized spacial score (nSPS) is 17.6. The molecule has 2 aliphatic rings. The summed E-state index contributed by atoms with van der Waals surface area (Å²) in [5.41, 5.74) is 3.08. The van der Waals surface area contributed by atoms with Gasteiger partial charge in [0.2, 0.25) is 0 Å². The van der Waals surface area contributed by atoms with Gasteiger partial charge in [0.25, 0.3) is 5.91 Å². The lowest BCUT2D eigenvalue weighted by atomic mass is 9.77. The van der Waals surface area contributed by atoms with Crippen LogP contribution in [-0.4, -0.2) is 65.2 Å². The molecule has 8 nitrogen and oxygen atoms in total. The molecule has 0 radical (unpaired) electrons. The molecule has 0 aromatic carbocycles. The molecule has 0 atom stereocenters. The summed E-state index contributed by atoms with van der Waals surface area (Å²) in [6, 6.07) is 0. The van der Waals surface area contributed by atoms with Crippen molar-refractivity contribution in [3.63, 3.8) is 0 Å². The number of piperidine rings is 1. The highest BCUT2D eigenvalue weighted by Crippen LogP contribution is 2.41. The van der Waals surface area contributed by atoms with Gasteiger partial charge in [-0.3, -0.25) is 4.79 Å². The molecule has 1 N–H and O–H groups in total. The Morgan fingerprint density at radius 1 is 1.19 bits per heavy atom. The maximum absolute atomic E-state index is 12.9. The summed E-state index contributed by atoms with van der Waals surface area (Å²) in [4.78, 5) is 29.6. The van der Waals surface area contributed by atoms with E-state index in [1.165, 1.54) is 18.4 Å². The lowest BCUT2D eigenvalue weighted by Crippen LogP contribution is -2.45. The number of hydrogen-bond donors (Lipinski definition) is 1. The van der Waals surface area contributed by atoms with E-state index in [1.54, 1.807) is 13.8 Å². The van der Waals surface area contributed by atoms with Crippen LogP contribution in [0.5, 0.6) is 0 Å². The van der Waals surface area contributed by atoms with Crippen LogP contribution in [0.1, 0.15) is 56.3 Å². The van der Waals surface area contributed by atoms with Gasteiger partial charge in [0.1, 0.15) is 16.2 Å². The third kappa shape index (κ3) is 4.13. The number of thiocarbonyl (C=S) groups is 1. The van der Waals surface area contributed by atoms with Gasteiger partial charge in [0, 0.05) is 26.2 Å². The molecule has 0 unspecified atom stereocenters. The molecule has 4 rings (SSSR count). The zero-order chi connectivity index (χ0) is 23.0. The summed E-state index contributed by atoms with van der Waals surface area (Å²) in [6.07, 6.45) is 2.91. The molecule has 10 heteroatoms. The number of aromatic nitrogens is 1. The van der Waals surface area contributed by atoms with Gasteiger partial charge in [-0.25, -0.2) is 4.79 Å². The number of rotatable bonds is 3. The van der Waals surface area contributed by atoms with Crippen LogP contribution >= 0.6 is 23.6 Å². The fraction of sp³-hybridized carbons (Fsp3) is 0.545. The van der Waals surface area contributed by atoms with Crippen molar-refractivity contribution in [1.82, 2.24) is 15.0 Å². The molecule has 172 valence electrons. The van der Waals surface area contributed by atoms with E-state index in [0.29, 0.717) is 40.1 Å². The van der Waals surface area contributed by atoms with Crippen LogP contribution in [0.2, 0.25) is 0 Å². The van der Waals surface area contributed by atoms with Crippen LogP contribution < -0.4 is 5.32 Å². The second kappa shape index (κ2) is 8.82. The predicted molar refractivity (Wildman–Crippen MR) is 126 cm³/mol. The summed E-state index contributed by atoms with van der Waals surface area (Å²) in [5, 5.41) is 9.75. The van der Waals surface area contributed by atoms with Crippen LogP contribution in [0.15, 0.2) is 9.90 Å². The smallest absolute Gasteiger partial charge is 0.350 e. The van der Waals surface area contributed by atoms with E-state index in [9.17, 15) is 9.59 Å². The molecule has 0 bridgehead atoms. The molecule has 0 saturated carbocycles. The average Bonchev–Trinajstić information content (AvgIpc) is 3.46. The fourth-order valence-electron chi connectivity index (χ4n) is 4.68. The number of anilines is 1. The second-order valence-electron chi connectivity index (χ2n) is 8.71. The topological polar surface area (TPSA) is 87.9 Å². The fourth-order valence-corrected chi connectivity index (χ4v) is 5.86. The minimum Gasteiger partial charge on any atom is -0.465 e. The summed E-state index contributed by atoms with van der Waals surface area (Å²) >= 11 is 7.04. The number of aryl methyl sites for hydroxylation is 3. The number of nitrogens with zero attached hydrogens (tertiary/aromatic N) is 3. The van der Waals surface area contributed by atoms with Gasteiger partial charge >= 0.3 is 5.97 Å². The van der Waals surface area contributed by atoms with Crippen molar-refractivity contribution < 1.29 is 18.8 Å². The maximum Gasteiger partial charge on any atom is 0.350 e. The highest BCUT2D eigenvalue weighted by atomic mass is 32.1. The van der Waals surface area contributed by atoms with Gasteiger partial charge in [0.15, 0.2) is 5.11 Å². The first kappa shape index (κ1) is 22.7. The van der Waals surface area contributed by atoms with E-state index in [-0.39, 0.29) is 17.3 Å². The first-order chi connectivity index (χ1) is 15.2. The summed E-state index contributed by atoms with van der Waals surface area (Å²) in [5.74, 6) is 0.222. The zero-order valence-corrected chi connectivity index (χ0v) is 20.5. The molecule has 2 aliphatic heterocycles. The van der Waals surface area contributed by atoms with Gasteiger partial charge < -0.3 is 24.4 Å². The number of carbonyl (C=O) groups excluding carboxylic acids is 2.